The van der Waals surface area contributed by atoms with Gasteiger partial charge in [-0.25, -0.2) is 0 Å². The molecule has 1 aromatic rings. The molecule has 0 saturated carbocycles. The fourth-order valence-corrected chi connectivity index (χ4v) is 1.33. The molecule has 1 rings (SSSR count). The Morgan fingerprint density at radius 2 is 1.93 bits per heavy atom. The van der Waals surface area contributed by atoms with Gasteiger partial charge in [-0.05, 0) is 36.6 Å². The second kappa shape index (κ2) is 4.55. The van der Waals surface area contributed by atoms with E-state index in [4.69, 9.17) is 0 Å². The summed E-state index contributed by atoms with van der Waals surface area (Å²) in [5.41, 5.74) is -0.335. The van der Waals surface area contributed by atoms with Crippen molar-refractivity contribution in [3.05, 3.63) is 29.3 Å². The average molecular weight is 218 g/mol. The van der Waals surface area contributed by atoms with Crippen molar-refractivity contribution in [2.75, 3.05) is 0 Å². The van der Waals surface area contributed by atoms with E-state index in [1.54, 1.807) is 0 Å². The molecule has 0 amide bonds. The van der Waals surface area contributed by atoms with E-state index in [9.17, 15) is 18.3 Å². The predicted molar refractivity (Wildman–Crippen MR) is 51.7 cm³/mol. The SMILES string of the molecule is CCCCc1cc(C(F)(F)F)ccc1O. The van der Waals surface area contributed by atoms with Crippen LogP contribution in [0.5, 0.6) is 5.75 Å². The lowest BCUT2D eigenvalue weighted by Gasteiger charge is -2.10. The highest BCUT2D eigenvalue weighted by Gasteiger charge is 2.30. The summed E-state index contributed by atoms with van der Waals surface area (Å²) in [6.45, 7) is 1.95. The van der Waals surface area contributed by atoms with Crippen molar-refractivity contribution >= 4 is 0 Å². The highest BCUT2D eigenvalue weighted by Crippen LogP contribution is 2.32. The summed E-state index contributed by atoms with van der Waals surface area (Å²) in [5.74, 6) is -0.0588. The van der Waals surface area contributed by atoms with Gasteiger partial charge in [-0.3, -0.25) is 0 Å². The maximum absolute atomic E-state index is 12.3. The van der Waals surface area contributed by atoms with Crippen LogP contribution in [0.15, 0.2) is 18.2 Å². The molecule has 1 aromatic carbocycles. The number of unbranched alkanes of at least 4 members (excludes halogenated alkanes) is 1. The Morgan fingerprint density at radius 3 is 2.47 bits per heavy atom. The zero-order valence-electron chi connectivity index (χ0n) is 8.43. The van der Waals surface area contributed by atoms with Gasteiger partial charge in [0.15, 0.2) is 0 Å². The Morgan fingerprint density at radius 1 is 1.27 bits per heavy atom. The Labute approximate surface area is 86.5 Å². The van der Waals surface area contributed by atoms with Crippen LogP contribution in [0, 0.1) is 0 Å². The Kier molecular flexibility index (Phi) is 3.61. The molecule has 15 heavy (non-hydrogen) atoms. The first kappa shape index (κ1) is 11.9. The quantitative estimate of drug-likeness (QED) is 0.819. The standard InChI is InChI=1S/C11H13F3O/c1-2-3-4-8-7-9(11(12,13)14)5-6-10(8)15/h5-7,15H,2-4H2,1H3. The minimum absolute atomic E-state index is 0.0588. The van der Waals surface area contributed by atoms with E-state index in [-0.39, 0.29) is 5.75 Å². The highest BCUT2D eigenvalue weighted by molar-refractivity contribution is 5.37. The predicted octanol–water partition coefficient (Wildman–Crippen LogP) is 3.75. The number of hydrogen-bond acceptors (Lipinski definition) is 1. The maximum atomic E-state index is 12.3. The first-order chi connectivity index (χ1) is 6.95. The highest BCUT2D eigenvalue weighted by atomic mass is 19.4. The van der Waals surface area contributed by atoms with Crippen molar-refractivity contribution in [3.8, 4) is 5.75 Å². The summed E-state index contributed by atoms with van der Waals surface area (Å²) in [5, 5.41) is 9.36. The average Bonchev–Trinajstić information content (AvgIpc) is 2.15. The van der Waals surface area contributed by atoms with Gasteiger partial charge in [-0.15, -0.1) is 0 Å². The Balaban J connectivity index is 2.95. The largest absolute Gasteiger partial charge is 0.508 e. The zero-order valence-corrected chi connectivity index (χ0v) is 8.43. The lowest BCUT2D eigenvalue weighted by Crippen LogP contribution is -2.05. The number of alkyl halides is 3. The van der Waals surface area contributed by atoms with Gasteiger partial charge in [0.2, 0.25) is 0 Å². The van der Waals surface area contributed by atoms with Crippen LogP contribution in [0.4, 0.5) is 13.2 Å². The van der Waals surface area contributed by atoms with Gasteiger partial charge < -0.3 is 5.11 Å². The number of rotatable bonds is 3. The zero-order chi connectivity index (χ0) is 11.5. The van der Waals surface area contributed by atoms with Gasteiger partial charge in [0.05, 0.1) is 5.56 Å². The second-order valence-corrected chi connectivity index (χ2v) is 3.44. The third-order valence-corrected chi connectivity index (χ3v) is 2.21. The lowest BCUT2D eigenvalue weighted by molar-refractivity contribution is -0.137. The Bertz CT molecular complexity index is 331. The third kappa shape index (κ3) is 3.15. The smallest absolute Gasteiger partial charge is 0.416 e. The molecule has 0 radical (unpaired) electrons. The van der Waals surface area contributed by atoms with E-state index in [0.717, 1.165) is 31.0 Å². The van der Waals surface area contributed by atoms with E-state index >= 15 is 0 Å². The summed E-state index contributed by atoms with van der Waals surface area (Å²) in [7, 11) is 0. The van der Waals surface area contributed by atoms with Crippen molar-refractivity contribution in [1.29, 1.82) is 0 Å². The third-order valence-electron chi connectivity index (χ3n) is 2.21. The van der Waals surface area contributed by atoms with Gasteiger partial charge in [0.25, 0.3) is 0 Å². The first-order valence-electron chi connectivity index (χ1n) is 4.84. The molecular weight excluding hydrogens is 205 g/mol. The van der Waals surface area contributed by atoms with Crippen molar-refractivity contribution in [3.63, 3.8) is 0 Å². The molecule has 0 unspecified atom stereocenters. The monoisotopic (exact) mass is 218 g/mol. The van der Waals surface area contributed by atoms with Crippen LogP contribution < -0.4 is 0 Å². The molecule has 0 bridgehead atoms. The number of aromatic hydroxyl groups is 1. The molecule has 84 valence electrons. The summed E-state index contributed by atoms with van der Waals surface area (Å²) < 4.78 is 37.0. The molecule has 0 spiro atoms. The molecule has 0 fully saturated rings. The molecule has 0 heterocycles. The van der Waals surface area contributed by atoms with Crippen LogP contribution in [0.3, 0.4) is 0 Å². The van der Waals surface area contributed by atoms with Crippen LogP contribution in [0.2, 0.25) is 0 Å². The van der Waals surface area contributed by atoms with Crippen LogP contribution in [0.25, 0.3) is 0 Å². The molecular formula is C11H13F3O. The van der Waals surface area contributed by atoms with Gasteiger partial charge in [-0.2, -0.15) is 13.2 Å². The van der Waals surface area contributed by atoms with Crippen molar-refractivity contribution in [2.45, 2.75) is 32.4 Å². The summed E-state index contributed by atoms with van der Waals surface area (Å²) >= 11 is 0. The molecule has 0 aliphatic carbocycles. The number of aryl methyl sites for hydroxylation is 1. The minimum Gasteiger partial charge on any atom is -0.508 e. The van der Waals surface area contributed by atoms with Crippen molar-refractivity contribution in [2.24, 2.45) is 0 Å². The lowest BCUT2D eigenvalue weighted by atomic mass is 10.0. The topological polar surface area (TPSA) is 20.2 Å². The molecule has 0 atom stereocenters. The van der Waals surface area contributed by atoms with Crippen molar-refractivity contribution in [1.82, 2.24) is 0 Å². The van der Waals surface area contributed by atoms with Crippen LogP contribution in [-0.2, 0) is 12.6 Å². The van der Waals surface area contributed by atoms with Crippen LogP contribution in [0.1, 0.15) is 30.9 Å². The van der Waals surface area contributed by atoms with E-state index in [2.05, 4.69) is 0 Å². The summed E-state index contributed by atoms with van der Waals surface area (Å²) in [6.07, 6.45) is -2.20. The minimum atomic E-state index is -4.34. The number of halogens is 3. The van der Waals surface area contributed by atoms with Gasteiger partial charge in [-0.1, -0.05) is 13.3 Å². The molecule has 1 N–H and O–H groups in total. The second-order valence-electron chi connectivity index (χ2n) is 3.44. The molecule has 0 saturated heterocycles. The van der Waals surface area contributed by atoms with E-state index in [0.29, 0.717) is 12.0 Å². The first-order valence-corrected chi connectivity index (χ1v) is 4.84. The van der Waals surface area contributed by atoms with Crippen LogP contribution >= 0.6 is 0 Å². The summed E-state index contributed by atoms with van der Waals surface area (Å²) in [6, 6.07) is 3.02. The van der Waals surface area contributed by atoms with E-state index < -0.39 is 11.7 Å². The van der Waals surface area contributed by atoms with E-state index in [1.807, 2.05) is 6.92 Å². The maximum Gasteiger partial charge on any atom is 0.416 e. The number of phenolic OH excluding ortho intramolecular Hbond substituents is 1. The molecule has 1 nitrogen and oxygen atoms in total. The fourth-order valence-electron chi connectivity index (χ4n) is 1.33. The summed E-state index contributed by atoms with van der Waals surface area (Å²) in [4.78, 5) is 0. The number of hydrogen-bond donors (Lipinski definition) is 1. The molecule has 0 aromatic heterocycles. The Hall–Kier alpha value is -1.19. The molecule has 4 heteroatoms. The number of phenols is 1. The van der Waals surface area contributed by atoms with Crippen molar-refractivity contribution < 1.29 is 18.3 Å². The van der Waals surface area contributed by atoms with Crippen LogP contribution in [-0.4, -0.2) is 5.11 Å². The van der Waals surface area contributed by atoms with Gasteiger partial charge >= 0.3 is 6.18 Å². The number of benzene rings is 1. The van der Waals surface area contributed by atoms with E-state index in [1.165, 1.54) is 0 Å². The van der Waals surface area contributed by atoms with Gasteiger partial charge in [0, 0.05) is 0 Å². The molecule has 0 aliphatic rings. The fraction of sp³-hybridized carbons (Fsp3) is 0.455. The molecule has 0 aliphatic heterocycles. The normalized spacial score (nSPS) is 11.7. The van der Waals surface area contributed by atoms with Gasteiger partial charge in [0.1, 0.15) is 5.75 Å².